The molecule has 1 atom stereocenters. The average molecular weight is 323 g/mol. The zero-order valence-corrected chi connectivity index (χ0v) is 10.9. The molecular formula is C9H10F5NO4S. The molecule has 1 unspecified atom stereocenters. The SMILES string of the molecule is C=C(C)C(=O)OC(OCC(F)(F)S)(C(N)=O)C(F)(F)F. The number of hydrogen-bond donors (Lipinski definition) is 2. The van der Waals surface area contributed by atoms with E-state index in [2.05, 4.69) is 34.4 Å². The molecule has 0 aliphatic heterocycles. The maximum Gasteiger partial charge on any atom is 0.466 e. The van der Waals surface area contributed by atoms with Crippen molar-refractivity contribution in [1.29, 1.82) is 0 Å². The lowest BCUT2D eigenvalue weighted by atomic mass is 10.2. The minimum absolute atomic E-state index is 0.527. The number of rotatable bonds is 6. The highest BCUT2D eigenvalue weighted by molar-refractivity contribution is 7.81. The summed E-state index contributed by atoms with van der Waals surface area (Å²) in [5.41, 5.74) is 3.95. The summed E-state index contributed by atoms with van der Waals surface area (Å²) in [6, 6.07) is 0. The Labute approximate surface area is 115 Å². The number of nitrogens with two attached hydrogens (primary N) is 1. The van der Waals surface area contributed by atoms with Crippen molar-refractivity contribution in [2.24, 2.45) is 5.73 Å². The molecule has 11 heteroatoms. The Morgan fingerprint density at radius 2 is 1.70 bits per heavy atom. The zero-order chi connectivity index (χ0) is 16.4. The van der Waals surface area contributed by atoms with E-state index in [-0.39, 0.29) is 0 Å². The quantitative estimate of drug-likeness (QED) is 0.255. The van der Waals surface area contributed by atoms with Gasteiger partial charge in [-0.05, 0) is 6.92 Å². The van der Waals surface area contributed by atoms with E-state index in [4.69, 9.17) is 0 Å². The van der Waals surface area contributed by atoms with Crippen molar-refractivity contribution in [1.82, 2.24) is 0 Å². The molecule has 0 saturated heterocycles. The average Bonchev–Trinajstić information content (AvgIpc) is 2.19. The molecule has 5 nitrogen and oxygen atoms in total. The van der Waals surface area contributed by atoms with Crippen molar-refractivity contribution in [2.45, 2.75) is 24.1 Å². The Morgan fingerprint density at radius 1 is 1.25 bits per heavy atom. The molecule has 1 amide bonds. The van der Waals surface area contributed by atoms with Gasteiger partial charge in [0, 0.05) is 5.57 Å². The van der Waals surface area contributed by atoms with E-state index in [0.29, 0.717) is 0 Å². The molecule has 0 heterocycles. The van der Waals surface area contributed by atoms with Gasteiger partial charge in [0.15, 0.2) is 0 Å². The predicted octanol–water partition coefficient (Wildman–Crippen LogP) is 1.39. The number of primary amides is 1. The first-order valence-corrected chi connectivity index (χ1v) is 5.17. The van der Waals surface area contributed by atoms with E-state index in [1.165, 1.54) is 0 Å². The predicted molar refractivity (Wildman–Crippen MR) is 58.8 cm³/mol. The minimum atomic E-state index is -5.68. The highest BCUT2D eigenvalue weighted by Gasteiger charge is 2.66. The van der Waals surface area contributed by atoms with E-state index in [9.17, 15) is 31.5 Å². The molecule has 0 radical (unpaired) electrons. The standard InChI is InChI=1S/C9H10F5NO4S/c1-4(2)5(16)19-8(6(15)17,9(12,13)14)18-3-7(10,11)20/h20H,1,3H2,2H3,(H2,15,17). The maximum absolute atomic E-state index is 12.8. The summed E-state index contributed by atoms with van der Waals surface area (Å²) in [6.45, 7) is 1.98. The molecule has 0 aliphatic rings. The smallest absolute Gasteiger partial charge is 0.412 e. The van der Waals surface area contributed by atoms with Gasteiger partial charge in [-0.2, -0.15) is 22.0 Å². The van der Waals surface area contributed by atoms with Gasteiger partial charge in [-0.15, -0.1) is 12.6 Å². The van der Waals surface area contributed by atoms with Crippen LogP contribution in [-0.2, 0) is 19.1 Å². The molecule has 20 heavy (non-hydrogen) atoms. The molecule has 0 aliphatic carbocycles. The zero-order valence-electron chi connectivity index (χ0n) is 9.96. The van der Waals surface area contributed by atoms with Gasteiger partial charge < -0.3 is 15.2 Å². The monoisotopic (exact) mass is 323 g/mol. The number of ether oxygens (including phenoxy) is 2. The van der Waals surface area contributed by atoms with Crippen molar-refractivity contribution >= 4 is 24.5 Å². The molecule has 116 valence electrons. The van der Waals surface area contributed by atoms with E-state index in [1.807, 2.05) is 0 Å². The third-order valence-corrected chi connectivity index (χ3v) is 1.86. The van der Waals surface area contributed by atoms with E-state index >= 15 is 0 Å². The van der Waals surface area contributed by atoms with Crippen LogP contribution in [-0.4, -0.2) is 35.7 Å². The number of carbonyl (C=O) groups excluding carboxylic acids is 2. The lowest BCUT2D eigenvalue weighted by Gasteiger charge is -2.32. The molecule has 0 aromatic carbocycles. The van der Waals surface area contributed by atoms with E-state index < -0.39 is 41.3 Å². The van der Waals surface area contributed by atoms with Crippen molar-refractivity contribution < 1.29 is 41.0 Å². The Balaban J connectivity index is 5.56. The number of thiol groups is 1. The summed E-state index contributed by atoms with van der Waals surface area (Å²) in [7, 11) is 0. The van der Waals surface area contributed by atoms with Crippen LogP contribution in [0.5, 0.6) is 0 Å². The second-order valence-corrected chi connectivity index (χ2v) is 4.26. The van der Waals surface area contributed by atoms with Crippen LogP contribution < -0.4 is 5.73 Å². The molecule has 0 saturated carbocycles. The lowest BCUT2D eigenvalue weighted by Crippen LogP contribution is -2.61. The summed E-state index contributed by atoms with van der Waals surface area (Å²) in [4.78, 5) is 22.1. The number of alkyl halides is 5. The van der Waals surface area contributed by atoms with Crippen LogP contribution in [0, 0.1) is 0 Å². The Kier molecular flexibility index (Phi) is 5.55. The second-order valence-electron chi connectivity index (χ2n) is 3.60. The molecule has 0 aromatic rings. The van der Waals surface area contributed by atoms with Crippen molar-refractivity contribution in [3.63, 3.8) is 0 Å². The fourth-order valence-electron chi connectivity index (χ4n) is 0.836. The maximum atomic E-state index is 12.8. The fraction of sp³-hybridized carbons (Fsp3) is 0.556. The van der Waals surface area contributed by atoms with Crippen LogP contribution in [0.15, 0.2) is 12.2 Å². The van der Waals surface area contributed by atoms with Crippen LogP contribution >= 0.6 is 12.6 Å². The number of esters is 1. The Bertz CT molecular complexity index is 420. The van der Waals surface area contributed by atoms with Crippen LogP contribution in [0.2, 0.25) is 0 Å². The van der Waals surface area contributed by atoms with Gasteiger partial charge in [-0.25, -0.2) is 4.79 Å². The minimum Gasteiger partial charge on any atom is -0.412 e. The van der Waals surface area contributed by atoms with Gasteiger partial charge in [-0.1, -0.05) is 6.58 Å². The first-order chi connectivity index (χ1) is 8.73. The molecule has 0 bridgehead atoms. The molecular weight excluding hydrogens is 313 g/mol. The van der Waals surface area contributed by atoms with Crippen LogP contribution in [0.3, 0.4) is 0 Å². The van der Waals surface area contributed by atoms with Crippen LogP contribution in [0.1, 0.15) is 6.92 Å². The van der Waals surface area contributed by atoms with Gasteiger partial charge in [0.2, 0.25) is 0 Å². The summed E-state index contributed by atoms with van der Waals surface area (Å²) in [5.74, 6) is -8.37. The Morgan fingerprint density at radius 3 is 1.95 bits per heavy atom. The molecule has 2 N–H and O–H groups in total. The van der Waals surface area contributed by atoms with Gasteiger partial charge in [0.05, 0.1) is 0 Å². The van der Waals surface area contributed by atoms with Crippen LogP contribution in [0.4, 0.5) is 22.0 Å². The summed E-state index contributed by atoms with van der Waals surface area (Å²) in [6.07, 6.45) is -5.68. The molecule has 0 rings (SSSR count). The van der Waals surface area contributed by atoms with Gasteiger partial charge in [-0.3, -0.25) is 4.79 Å². The fourth-order valence-corrected chi connectivity index (χ4v) is 0.901. The molecule has 0 aromatic heterocycles. The van der Waals surface area contributed by atoms with Gasteiger partial charge >= 0.3 is 29.1 Å². The number of halogens is 5. The van der Waals surface area contributed by atoms with Crippen LogP contribution in [0.25, 0.3) is 0 Å². The summed E-state index contributed by atoms with van der Waals surface area (Å²) in [5, 5.41) is -4.01. The van der Waals surface area contributed by atoms with Crippen molar-refractivity contribution in [3.8, 4) is 0 Å². The second kappa shape index (κ2) is 5.95. The van der Waals surface area contributed by atoms with E-state index in [1.54, 1.807) is 0 Å². The third kappa shape index (κ3) is 4.63. The largest absolute Gasteiger partial charge is 0.466 e. The van der Waals surface area contributed by atoms with E-state index in [0.717, 1.165) is 6.92 Å². The normalized spacial score (nSPS) is 15.3. The lowest BCUT2D eigenvalue weighted by molar-refractivity contribution is -0.351. The first-order valence-electron chi connectivity index (χ1n) is 4.72. The first kappa shape index (κ1) is 18.6. The highest BCUT2D eigenvalue weighted by Crippen LogP contribution is 2.37. The number of amides is 1. The summed E-state index contributed by atoms with van der Waals surface area (Å²) < 4.78 is 70.9. The van der Waals surface area contributed by atoms with Crippen molar-refractivity contribution in [3.05, 3.63) is 12.2 Å². The highest BCUT2D eigenvalue weighted by atomic mass is 32.1. The Hall–Kier alpha value is -1.36. The topological polar surface area (TPSA) is 78.6 Å². The number of hydrogen-bond acceptors (Lipinski definition) is 5. The number of carbonyl (C=O) groups is 2. The molecule has 0 spiro atoms. The third-order valence-electron chi connectivity index (χ3n) is 1.73. The van der Waals surface area contributed by atoms with Gasteiger partial charge in [0.1, 0.15) is 6.61 Å². The van der Waals surface area contributed by atoms with Gasteiger partial charge in [0.25, 0.3) is 0 Å². The van der Waals surface area contributed by atoms with Crippen molar-refractivity contribution in [2.75, 3.05) is 6.61 Å². The summed E-state index contributed by atoms with van der Waals surface area (Å²) >= 11 is 2.63. The molecule has 0 fully saturated rings.